The Bertz CT molecular complexity index is 719. The van der Waals surface area contributed by atoms with Gasteiger partial charge in [0, 0.05) is 38.2 Å². The standard InChI is InChI=1S/C20H26N4O2/c25-16-6-9-23(10-7-16)19-12-20(22-14-21-19)24-11-8-17(18(26)13-24)15-4-2-1-3-5-15/h1-5,12,14,16-18,25-26H,6-11,13H2/t17-,18+/m0/s1. The quantitative estimate of drug-likeness (QED) is 0.876. The number of aliphatic hydroxyl groups excluding tert-OH is 2. The molecule has 0 unspecified atom stereocenters. The minimum absolute atomic E-state index is 0.178. The van der Waals surface area contributed by atoms with Gasteiger partial charge in [0.1, 0.15) is 18.0 Å². The molecule has 26 heavy (non-hydrogen) atoms. The zero-order chi connectivity index (χ0) is 17.9. The maximum atomic E-state index is 10.7. The predicted octanol–water partition coefficient (Wildman–Crippen LogP) is 1.79. The Labute approximate surface area is 154 Å². The summed E-state index contributed by atoms with van der Waals surface area (Å²) in [7, 11) is 0. The van der Waals surface area contributed by atoms with Gasteiger partial charge in [-0.2, -0.15) is 0 Å². The second kappa shape index (κ2) is 7.60. The second-order valence-corrected chi connectivity index (χ2v) is 7.27. The van der Waals surface area contributed by atoms with Crippen LogP contribution < -0.4 is 9.80 Å². The molecule has 2 aliphatic rings. The first-order valence-corrected chi connectivity index (χ1v) is 9.44. The van der Waals surface area contributed by atoms with Gasteiger partial charge in [-0.05, 0) is 24.8 Å². The molecule has 2 aromatic rings. The average molecular weight is 354 g/mol. The van der Waals surface area contributed by atoms with E-state index in [4.69, 9.17) is 0 Å². The Morgan fingerprint density at radius 1 is 0.846 bits per heavy atom. The molecule has 138 valence electrons. The van der Waals surface area contributed by atoms with Crippen LogP contribution in [0.3, 0.4) is 0 Å². The first-order chi connectivity index (χ1) is 12.7. The van der Waals surface area contributed by atoms with Gasteiger partial charge in [-0.15, -0.1) is 0 Å². The summed E-state index contributed by atoms with van der Waals surface area (Å²) >= 11 is 0. The summed E-state index contributed by atoms with van der Waals surface area (Å²) < 4.78 is 0. The van der Waals surface area contributed by atoms with E-state index in [0.29, 0.717) is 6.54 Å². The van der Waals surface area contributed by atoms with Crippen molar-refractivity contribution in [2.45, 2.75) is 37.4 Å². The van der Waals surface area contributed by atoms with Crippen LogP contribution in [0.4, 0.5) is 11.6 Å². The van der Waals surface area contributed by atoms with Crippen molar-refractivity contribution in [2.75, 3.05) is 36.0 Å². The smallest absolute Gasteiger partial charge is 0.134 e. The van der Waals surface area contributed by atoms with Crippen LogP contribution in [-0.2, 0) is 0 Å². The molecule has 2 fully saturated rings. The third-order valence-corrected chi connectivity index (χ3v) is 5.56. The molecule has 6 nitrogen and oxygen atoms in total. The van der Waals surface area contributed by atoms with Crippen LogP contribution in [0.1, 0.15) is 30.7 Å². The summed E-state index contributed by atoms with van der Waals surface area (Å²) in [6.07, 6.45) is 3.46. The minimum atomic E-state index is -0.408. The van der Waals surface area contributed by atoms with Gasteiger partial charge in [0.05, 0.1) is 12.2 Å². The molecule has 0 saturated carbocycles. The zero-order valence-corrected chi connectivity index (χ0v) is 14.9. The van der Waals surface area contributed by atoms with Gasteiger partial charge in [-0.3, -0.25) is 0 Å². The third-order valence-electron chi connectivity index (χ3n) is 5.56. The van der Waals surface area contributed by atoms with Gasteiger partial charge in [0.15, 0.2) is 0 Å². The number of β-amino-alcohol motifs (C(OH)–C–C–N with tert-alkyl or cyclic N) is 1. The van der Waals surface area contributed by atoms with Crippen LogP contribution in [0.15, 0.2) is 42.7 Å². The molecule has 2 atom stereocenters. The van der Waals surface area contributed by atoms with Crippen molar-refractivity contribution >= 4 is 11.6 Å². The maximum Gasteiger partial charge on any atom is 0.134 e. The van der Waals surface area contributed by atoms with Gasteiger partial charge in [0.25, 0.3) is 0 Å². The Kier molecular flexibility index (Phi) is 5.04. The highest BCUT2D eigenvalue weighted by molar-refractivity contribution is 5.51. The van der Waals surface area contributed by atoms with Crippen molar-refractivity contribution < 1.29 is 10.2 Å². The average Bonchev–Trinajstić information content (AvgIpc) is 2.69. The van der Waals surface area contributed by atoms with Gasteiger partial charge >= 0.3 is 0 Å². The molecular formula is C20H26N4O2. The van der Waals surface area contributed by atoms with Crippen molar-refractivity contribution in [1.82, 2.24) is 9.97 Å². The lowest BCUT2D eigenvalue weighted by molar-refractivity contribution is 0.129. The van der Waals surface area contributed by atoms with Crippen molar-refractivity contribution in [3.63, 3.8) is 0 Å². The summed E-state index contributed by atoms with van der Waals surface area (Å²) in [5.41, 5.74) is 1.20. The first kappa shape index (κ1) is 17.2. The highest BCUT2D eigenvalue weighted by Crippen LogP contribution is 2.31. The van der Waals surface area contributed by atoms with Crippen molar-refractivity contribution in [2.24, 2.45) is 0 Å². The van der Waals surface area contributed by atoms with Gasteiger partial charge < -0.3 is 20.0 Å². The summed E-state index contributed by atoms with van der Waals surface area (Å²) in [5, 5.41) is 20.4. The fourth-order valence-corrected chi connectivity index (χ4v) is 4.01. The van der Waals surface area contributed by atoms with Crippen LogP contribution >= 0.6 is 0 Å². The Hall–Kier alpha value is -2.18. The van der Waals surface area contributed by atoms with E-state index < -0.39 is 6.10 Å². The summed E-state index contributed by atoms with van der Waals surface area (Å²) in [6.45, 7) is 3.08. The largest absolute Gasteiger partial charge is 0.393 e. The second-order valence-electron chi connectivity index (χ2n) is 7.27. The first-order valence-electron chi connectivity index (χ1n) is 9.44. The lowest BCUT2D eigenvalue weighted by atomic mass is 9.87. The number of aromatic nitrogens is 2. The number of rotatable bonds is 3. The molecule has 0 bridgehead atoms. The fourth-order valence-electron chi connectivity index (χ4n) is 4.01. The number of hydrogen-bond donors (Lipinski definition) is 2. The van der Waals surface area contributed by atoms with Crippen molar-refractivity contribution in [3.05, 3.63) is 48.3 Å². The Morgan fingerprint density at radius 2 is 1.50 bits per heavy atom. The number of anilines is 2. The predicted molar refractivity (Wildman–Crippen MR) is 102 cm³/mol. The molecule has 1 aromatic carbocycles. The lowest BCUT2D eigenvalue weighted by Crippen LogP contribution is -2.43. The third kappa shape index (κ3) is 3.66. The van der Waals surface area contributed by atoms with E-state index in [1.165, 1.54) is 5.56 Å². The molecule has 0 radical (unpaired) electrons. The molecule has 0 amide bonds. The van der Waals surface area contributed by atoms with Crippen molar-refractivity contribution in [1.29, 1.82) is 0 Å². The number of nitrogens with zero attached hydrogens (tertiary/aromatic N) is 4. The highest BCUT2D eigenvalue weighted by atomic mass is 16.3. The molecule has 2 aliphatic heterocycles. The minimum Gasteiger partial charge on any atom is -0.393 e. The maximum absolute atomic E-state index is 10.7. The van der Waals surface area contributed by atoms with Crippen LogP contribution in [0.5, 0.6) is 0 Å². The lowest BCUT2D eigenvalue weighted by Gasteiger charge is -2.37. The monoisotopic (exact) mass is 354 g/mol. The zero-order valence-electron chi connectivity index (χ0n) is 14.9. The van der Waals surface area contributed by atoms with Crippen LogP contribution in [0, 0.1) is 0 Å². The summed E-state index contributed by atoms with van der Waals surface area (Å²) in [6, 6.07) is 12.3. The van der Waals surface area contributed by atoms with Crippen molar-refractivity contribution in [3.8, 4) is 0 Å². The molecule has 3 heterocycles. The fraction of sp³-hybridized carbons (Fsp3) is 0.500. The van der Waals surface area contributed by atoms with E-state index in [2.05, 4.69) is 31.9 Å². The van der Waals surface area contributed by atoms with Gasteiger partial charge in [-0.25, -0.2) is 9.97 Å². The Morgan fingerprint density at radius 3 is 2.19 bits per heavy atom. The molecular weight excluding hydrogens is 328 g/mol. The number of piperidine rings is 2. The highest BCUT2D eigenvalue weighted by Gasteiger charge is 2.30. The number of aliphatic hydroxyl groups is 2. The van der Waals surface area contributed by atoms with E-state index in [0.717, 1.165) is 50.5 Å². The van der Waals surface area contributed by atoms with Gasteiger partial charge in [-0.1, -0.05) is 30.3 Å². The van der Waals surface area contributed by atoms with E-state index >= 15 is 0 Å². The molecule has 2 N–H and O–H groups in total. The van der Waals surface area contributed by atoms with Crippen LogP contribution in [-0.4, -0.2) is 58.6 Å². The molecule has 6 heteroatoms. The topological polar surface area (TPSA) is 72.7 Å². The summed E-state index contributed by atoms with van der Waals surface area (Å²) in [4.78, 5) is 13.2. The van der Waals surface area contributed by atoms with E-state index in [9.17, 15) is 10.2 Å². The molecule has 2 saturated heterocycles. The van der Waals surface area contributed by atoms with Crippen LogP contribution in [0.25, 0.3) is 0 Å². The molecule has 0 aliphatic carbocycles. The van der Waals surface area contributed by atoms with Gasteiger partial charge in [0.2, 0.25) is 0 Å². The normalized spacial score (nSPS) is 24.7. The van der Waals surface area contributed by atoms with Crippen LogP contribution in [0.2, 0.25) is 0 Å². The van der Waals surface area contributed by atoms with E-state index in [1.807, 2.05) is 24.3 Å². The summed E-state index contributed by atoms with van der Waals surface area (Å²) in [5.74, 6) is 1.95. The Balaban J connectivity index is 1.45. The molecule has 1 aromatic heterocycles. The van der Waals surface area contributed by atoms with E-state index in [1.54, 1.807) is 6.33 Å². The molecule has 0 spiro atoms. The molecule has 4 rings (SSSR count). The number of hydrogen-bond acceptors (Lipinski definition) is 6. The number of benzene rings is 1. The SMILES string of the molecule is OC1CCN(c2cc(N3CC[C@@H](c4ccccc4)[C@H](O)C3)ncn2)CC1. The van der Waals surface area contributed by atoms with E-state index in [-0.39, 0.29) is 12.0 Å².